The highest BCUT2D eigenvalue weighted by atomic mass is 32.2. The lowest BCUT2D eigenvalue weighted by atomic mass is 10.1. The van der Waals surface area contributed by atoms with Crippen molar-refractivity contribution in [3.05, 3.63) is 12.7 Å². The fourth-order valence-corrected chi connectivity index (χ4v) is 2.21. The topological polar surface area (TPSA) is 67.8 Å². The summed E-state index contributed by atoms with van der Waals surface area (Å²) in [6.07, 6.45) is 11.7. The molecule has 2 amide bonds. The highest BCUT2D eigenvalue weighted by Crippen LogP contribution is 2.07. The second kappa shape index (κ2) is 15.6. The molecule has 0 heterocycles. The first-order chi connectivity index (χ1) is 11.1. The maximum Gasteiger partial charge on any atom is 0.436 e. The monoisotopic (exact) mass is 342 g/mol. The molecule has 132 valence electrons. The number of aliphatic imine (C=N–C) groups is 1. The van der Waals surface area contributed by atoms with Crippen LogP contribution in [0.5, 0.6) is 0 Å². The molecule has 1 N–H and O–H groups in total. The van der Waals surface area contributed by atoms with Gasteiger partial charge in [0.15, 0.2) is 5.17 Å². The van der Waals surface area contributed by atoms with Gasteiger partial charge in [-0.1, -0.05) is 50.4 Å². The predicted molar refractivity (Wildman–Crippen MR) is 97.9 cm³/mol. The zero-order valence-electron chi connectivity index (χ0n) is 14.4. The molecule has 0 bridgehead atoms. The Morgan fingerprint density at radius 2 is 1.87 bits per heavy atom. The first kappa shape index (κ1) is 21.7. The Kier molecular flexibility index (Phi) is 14.7. The summed E-state index contributed by atoms with van der Waals surface area (Å²) in [7, 11) is 0. The number of thioether (sulfide) groups is 1. The third-order valence-corrected chi connectivity index (χ3v) is 3.75. The van der Waals surface area contributed by atoms with Crippen LogP contribution in [-0.4, -0.2) is 30.0 Å². The number of carbonyl (C=O) groups excluding carboxylic acids is 2. The zero-order chi connectivity index (χ0) is 17.3. The van der Waals surface area contributed by atoms with E-state index >= 15 is 0 Å². The molecular formula is C17H30N2O3S. The van der Waals surface area contributed by atoms with Gasteiger partial charge in [0.2, 0.25) is 5.91 Å². The molecule has 0 spiro atoms. The Bertz CT molecular complexity index is 384. The summed E-state index contributed by atoms with van der Waals surface area (Å²) in [5.41, 5.74) is 0. The summed E-state index contributed by atoms with van der Waals surface area (Å²) < 4.78 is 4.94. The first-order valence-electron chi connectivity index (χ1n) is 8.34. The summed E-state index contributed by atoms with van der Waals surface area (Å²) in [5.74, 6) is -0.106. The molecule has 0 atom stereocenters. The molecule has 0 rings (SSSR count). The number of nitrogens with zero attached hydrogens (tertiary/aromatic N) is 1. The van der Waals surface area contributed by atoms with Crippen molar-refractivity contribution in [1.29, 1.82) is 0 Å². The van der Waals surface area contributed by atoms with Crippen molar-refractivity contribution >= 4 is 28.9 Å². The number of hydrogen-bond donors (Lipinski definition) is 1. The van der Waals surface area contributed by atoms with Gasteiger partial charge >= 0.3 is 6.09 Å². The molecule has 0 aromatic carbocycles. The molecule has 0 aromatic heterocycles. The van der Waals surface area contributed by atoms with E-state index in [0.717, 1.165) is 38.5 Å². The molecule has 0 saturated heterocycles. The second-order valence-electron chi connectivity index (χ2n) is 5.23. The minimum atomic E-state index is -0.648. The molecule has 0 fully saturated rings. The Morgan fingerprint density at radius 1 is 1.17 bits per heavy atom. The van der Waals surface area contributed by atoms with Gasteiger partial charge in [-0.25, -0.2) is 4.79 Å². The third-order valence-electron chi connectivity index (χ3n) is 3.17. The van der Waals surface area contributed by atoms with E-state index in [9.17, 15) is 9.59 Å². The van der Waals surface area contributed by atoms with E-state index in [2.05, 4.69) is 16.9 Å². The maximum atomic E-state index is 11.8. The molecule has 23 heavy (non-hydrogen) atoms. The van der Waals surface area contributed by atoms with E-state index in [1.807, 2.05) is 13.0 Å². The Labute approximate surface area is 144 Å². The van der Waals surface area contributed by atoms with Gasteiger partial charge in [0.25, 0.3) is 0 Å². The number of hydrogen-bond acceptors (Lipinski definition) is 4. The Balaban J connectivity index is 3.90. The summed E-state index contributed by atoms with van der Waals surface area (Å²) in [4.78, 5) is 27.1. The van der Waals surface area contributed by atoms with Crippen LogP contribution in [0.25, 0.3) is 0 Å². The minimum Gasteiger partial charge on any atom is -0.448 e. The van der Waals surface area contributed by atoms with Crippen LogP contribution in [0.4, 0.5) is 4.79 Å². The number of unbranched alkanes of at least 4 members (excludes halogenated alkanes) is 6. The van der Waals surface area contributed by atoms with Gasteiger partial charge < -0.3 is 10.1 Å². The number of carbonyl (C=O) groups is 2. The van der Waals surface area contributed by atoms with Crippen LogP contribution < -0.4 is 5.32 Å². The van der Waals surface area contributed by atoms with Crippen LogP contribution in [0.1, 0.15) is 64.7 Å². The van der Waals surface area contributed by atoms with Gasteiger partial charge in [0.1, 0.15) is 0 Å². The van der Waals surface area contributed by atoms with Crippen LogP contribution in [0, 0.1) is 0 Å². The fraction of sp³-hybridized carbons (Fsp3) is 0.706. The van der Waals surface area contributed by atoms with Crippen molar-refractivity contribution < 1.29 is 14.3 Å². The first-order valence-corrected chi connectivity index (χ1v) is 9.56. The highest BCUT2D eigenvalue weighted by Gasteiger charge is 2.08. The number of ether oxygens (including phenoxy) is 1. The van der Waals surface area contributed by atoms with Crippen molar-refractivity contribution in [2.45, 2.75) is 64.7 Å². The van der Waals surface area contributed by atoms with E-state index < -0.39 is 6.09 Å². The average Bonchev–Trinajstić information content (AvgIpc) is 2.53. The average molecular weight is 343 g/mol. The Hall–Kier alpha value is -1.30. The standard InChI is InChI=1S/C17H30N2O3S/c1-4-6-8-9-10-11-12-13-15(20)18-16(23-3)19-17(21)22-14-7-5-2/h4H,1,5-14H2,2-3H3,(H,18,19,20,21). The lowest BCUT2D eigenvalue weighted by Gasteiger charge is -2.06. The van der Waals surface area contributed by atoms with E-state index in [1.165, 1.54) is 24.6 Å². The fourth-order valence-electron chi connectivity index (χ4n) is 1.83. The molecule has 0 aliphatic heterocycles. The molecule has 5 nitrogen and oxygen atoms in total. The zero-order valence-corrected chi connectivity index (χ0v) is 15.3. The van der Waals surface area contributed by atoms with Crippen molar-refractivity contribution in [2.75, 3.05) is 12.9 Å². The summed E-state index contributed by atoms with van der Waals surface area (Å²) in [6, 6.07) is 0. The molecule has 0 saturated carbocycles. The van der Waals surface area contributed by atoms with E-state index in [1.54, 1.807) is 6.26 Å². The van der Waals surface area contributed by atoms with Crippen LogP contribution in [0.15, 0.2) is 17.6 Å². The summed E-state index contributed by atoms with van der Waals surface area (Å²) in [5, 5.41) is 2.95. The maximum absolute atomic E-state index is 11.8. The number of rotatable bonds is 11. The molecular weight excluding hydrogens is 312 g/mol. The highest BCUT2D eigenvalue weighted by molar-refractivity contribution is 8.13. The third kappa shape index (κ3) is 14.0. The lowest BCUT2D eigenvalue weighted by Crippen LogP contribution is -2.28. The van der Waals surface area contributed by atoms with Crippen molar-refractivity contribution in [3.8, 4) is 0 Å². The molecule has 0 aliphatic rings. The number of amides is 2. The van der Waals surface area contributed by atoms with Gasteiger partial charge in [-0.3, -0.25) is 4.79 Å². The van der Waals surface area contributed by atoms with Gasteiger partial charge in [-0.15, -0.1) is 6.58 Å². The molecule has 0 unspecified atom stereocenters. The van der Waals surface area contributed by atoms with Gasteiger partial charge in [0.05, 0.1) is 6.61 Å². The lowest BCUT2D eigenvalue weighted by molar-refractivity contribution is -0.119. The number of amidine groups is 1. The summed E-state index contributed by atoms with van der Waals surface area (Å²) in [6.45, 7) is 6.07. The van der Waals surface area contributed by atoms with Crippen molar-refractivity contribution in [1.82, 2.24) is 5.32 Å². The normalized spacial score (nSPS) is 11.1. The molecule has 6 heteroatoms. The van der Waals surface area contributed by atoms with Crippen molar-refractivity contribution in [3.63, 3.8) is 0 Å². The van der Waals surface area contributed by atoms with Gasteiger partial charge in [-0.05, 0) is 31.9 Å². The van der Waals surface area contributed by atoms with Crippen LogP contribution in [0.3, 0.4) is 0 Å². The van der Waals surface area contributed by atoms with E-state index in [0.29, 0.717) is 18.2 Å². The summed E-state index contributed by atoms with van der Waals surface area (Å²) >= 11 is 1.23. The quantitative estimate of drug-likeness (QED) is 0.256. The molecule has 0 radical (unpaired) electrons. The second-order valence-corrected chi connectivity index (χ2v) is 6.03. The minimum absolute atomic E-state index is 0.106. The SMILES string of the molecule is C=CCCCCCCCC(=O)NC(=NC(=O)OCCCC)SC. The van der Waals surface area contributed by atoms with Crippen molar-refractivity contribution in [2.24, 2.45) is 4.99 Å². The number of nitrogens with one attached hydrogen (secondary N) is 1. The Morgan fingerprint density at radius 3 is 2.52 bits per heavy atom. The van der Waals surface area contributed by atoms with Gasteiger partial charge in [-0.2, -0.15) is 4.99 Å². The molecule has 0 aromatic rings. The smallest absolute Gasteiger partial charge is 0.436 e. The van der Waals surface area contributed by atoms with Crippen LogP contribution >= 0.6 is 11.8 Å². The van der Waals surface area contributed by atoms with Crippen LogP contribution in [-0.2, 0) is 9.53 Å². The largest absolute Gasteiger partial charge is 0.448 e. The predicted octanol–water partition coefficient (Wildman–Crippen LogP) is 4.68. The van der Waals surface area contributed by atoms with E-state index in [4.69, 9.17) is 4.74 Å². The van der Waals surface area contributed by atoms with Crippen LogP contribution in [0.2, 0.25) is 0 Å². The molecule has 0 aliphatic carbocycles. The van der Waals surface area contributed by atoms with Gasteiger partial charge in [0, 0.05) is 6.42 Å². The van der Waals surface area contributed by atoms with E-state index in [-0.39, 0.29) is 5.91 Å². The number of allylic oxidation sites excluding steroid dienone is 1.